The highest BCUT2D eigenvalue weighted by Gasteiger charge is 2.33. The number of benzene rings is 1. The van der Waals surface area contributed by atoms with Crippen molar-refractivity contribution in [3.8, 4) is 6.07 Å². The van der Waals surface area contributed by atoms with E-state index < -0.39 is 17.6 Å². The van der Waals surface area contributed by atoms with Crippen molar-refractivity contribution in [2.24, 2.45) is 0 Å². The van der Waals surface area contributed by atoms with Gasteiger partial charge in [-0.05, 0) is 19.1 Å². The van der Waals surface area contributed by atoms with E-state index in [0.29, 0.717) is 6.54 Å². The van der Waals surface area contributed by atoms with Crippen LogP contribution in [0.2, 0.25) is 0 Å². The number of nitrogens with one attached hydrogen (secondary N) is 2. The summed E-state index contributed by atoms with van der Waals surface area (Å²) in [5.74, 6) is -0.898. The van der Waals surface area contributed by atoms with Gasteiger partial charge < -0.3 is 10.6 Å². The highest BCUT2D eigenvalue weighted by atomic mass is 19.4. The van der Waals surface area contributed by atoms with Gasteiger partial charge in [0.1, 0.15) is 11.6 Å². The molecule has 0 aliphatic rings. The summed E-state index contributed by atoms with van der Waals surface area (Å²) in [5.41, 5.74) is -1.65. The third-order valence-electron chi connectivity index (χ3n) is 2.30. The van der Waals surface area contributed by atoms with Crippen molar-refractivity contribution in [2.45, 2.75) is 13.1 Å². The fourth-order valence-electron chi connectivity index (χ4n) is 1.38. The van der Waals surface area contributed by atoms with Gasteiger partial charge in [0.15, 0.2) is 0 Å². The molecule has 0 aliphatic heterocycles. The molecule has 1 aromatic rings. The van der Waals surface area contributed by atoms with Crippen molar-refractivity contribution in [2.75, 3.05) is 11.9 Å². The van der Waals surface area contributed by atoms with Crippen LogP contribution in [0.15, 0.2) is 36.0 Å². The lowest BCUT2D eigenvalue weighted by molar-refractivity contribution is -0.136. The third-order valence-corrected chi connectivity index (χ3v) is 2.30. The molecule has 1 aromatic carbocycles. The number of hydrogen-bond donors (Lipinski definition) is 2. The minimum Gasteiger partial charge on any atom is -0.390 e. The van der Waals surface area contributed by atoms with E-state index in [1.54, 1.807) is 13.0 Å². The van der Waals surface area contributed by atoms with Crippen molar-refractivity contribution in [1.82, 2.24) is 5.32 Å². The Morgan fingerprint density at radius 3 is 2.60 bits per heavy atom. The van der Waals surface area contributed by atoms with Gasteiger partial charge in [-0.25, -0.2) is 0 Å². The van der Waals surface area contributed by atoms with Gasteiger partial charge in [-0.2, -0.15) is 18.4 Å². The second-order valence-electron chi connectivity index (χ2n) is 3.72. The number of carbonyl (C=O) groups is 1. The Morgan fingerprint density at radius 1 is 1.40 bits per heavy atom. The van der Waals surface area contributed by atoms with E-state index in [9.17, 15) is 18.0 Å². The molecule has 0 aromatic heterocycles. The highest BCUT2D eigenvalue weighted by molar-refractivity contribution is 6.06. The Hall–Kier alpha value is -2.49. The Bertz CT molecular complexity index is 559. The summed E-state index contributed by atoms with van der Waals surface area (Å²) in [6.07, 6.45) is -3.42. The first kappa shape index (κ1) is 15.6. The van der Waals surface area contributed by atoms with E-state index >= 15 is 0 Å². The van der Waals surface area contributed by atoms with E-state index in [-0.39, 0.29) is 11.3 Å². The smallest absolute Gasteiger partial charge is 0.390 e. The molecular formula is C13H12F3N3O. The standard InChI is InChI=1S/C13H12F3N3O/c1-2-18-8-9(7-17)12(20)19-11-6-4-3-5-10(11)13(14,15)16/h3-6,8,18H,2H2,1H3,(H,19,20)/b9-8-. The molecule has 0 heterocycles. The number of halogens is 3. The van der Waals surface area contributed by atoms with Crippen LogP contribution in [0.1, 0.15) is 12.5 Å². The summed E-state index contributed by atoms with van der Waals surface area (Å²) in [4.78, 5) is 11.7. The number of carbonyl (C=O) groups excluding carboxylic acids is 1. The van der Waals surface area contributed by atoms with Gasteiger partial charge in [0.05, 0.1) is 11.3 Å². The highest BCUT2D eigenvalue weighted by Crippen LogP contribution is 2.34. The number of hydrogen-bond acceptors (Lipinski definition) is 3. The van der Waals surface area contributed by atoms with Crippen LogP contribution in [0.25, 0.3) is 0 Å². The number of rotatable bonds is 4. The van der Waals surface area contributed by atoms with Crippen molar-refractivity contribution in [1.29, 1.82) is 5.26 Å². The van der Waals surface area contributed by atoms with E-state index in [1.807, 2.05) is 0 Å². The first-order valence-corrected chi connectivity index (χ1v) is 5.71. The fraction of sp³-hybridized carbons (Fsp3) is 0.231. The molecular weight excluding hydrogens is 271 g/mol. The van der Waals surface area contributed by atoms with Gasteiger partial charge in [0.2, 0.25) is 0 Å². The molecule has 1 amide bonds. The zero-order valence-corrected chi connectivity index (χ0v) is 10.6. The molecule has 0 bridgehead atoms. The minimum atomic E-state index is -4.58. The normalized spacial score (nSPS) is 11.7. The Labute approximate surface area is 113 Å². The lowest BCUT2D eigenvalue weighted by Crippen LogP contribution is -2.19. The maximum absolute atomic E-state index is 12.7. The average molecular weight is 283 g/mol. The lowest BCUT2D eigenvalue weighted by Gasteiger charge is -2.13. The molecule has 0 saturated heterocycles. The van der Waals surface area contributed by atoms with E-state index in [1.165, 1.54) is 12.1 Å². The average Bonchev–Trinajstić information content (AvgIpc) is 2.39. The van der Waals surface area contributed by atoms with Crippen molar-refractivity contribution < 1.29 is 18.0 Å². The lowest BCUT2D eigenvalue weighted by atomic mass is 10.1. The number of nitriles is 1. The number of alkyl halides is 3. The molecule has 106 valence electrons. The molecule has 0 atom stereocenters. The number of para-hydroxylation sites is 1. The quantitative estimate of drug-likeness (QED) is 0.659. The topological polar surface area (TPSA) is 64.9 Å². The number of nitrogens with zero attached hydrogens (tertiary/aromatic N) is 1. The maximum Gasteiger partial charge on any atom is 0.418 e. The SMILES string of the molecule is CCN/C=C(/C#N)C(=O)Nc1ccccc1C(F)(F)F. The molecule has 0 spiro atoms. The third kappa shape index (κ3) is 4.02. The molecule has 2 N–H and O–H groups in total. The zero-order chi connectivity index (χ0) is 15.2. The van der Waals surface area contributed by atoms with Crippen LogP contribution in [0.4, 0.5) is 18.9 Å². The van der Waals surface area contributed by atoms with Gasteiger partial charge >= 0.3 is 6.18 Å². The van der Waals surface area contributed by atoms with Gasteiger partial charge in [0.25, 0.3) is 5.91 Å². The summed E-state index contributed by atoms with van der Waals surface area (Å²) in [6, 6.07) is 6.19. The molecule has 0 radical (unpaired) electrons. The predicted molar refractivity (Wildman–Crippen MR) is 67.4 cm³/mol. The van der Waals surface area contributed by atoms with Crippen LogP contribution in [-0.4, -0.2) is 12.5 Å². The molecule has 0 fully saturated rings. The summed E-state index contributed by atoms with van der Waals surface area (Å²) in [6.45, 7) is 2.24. The molecule has 0 aliphatic carbocycles. The van der Waals surface area contributed by atoms with Crippen LogP contribution >= 0.6 is 0 Å². The minimum absolute atomic E-state index is 0.302. The van der Waals surface area contributed by atoms with Crippen LogP contribution in [0, 0.1) is 11.3 Å². The number of anilines is 1. The van der Waals surface area contributed by atoms with Gasteiger partial charge in [-0.1, -0.05) is 12.1 Å². The van der Waals surface area contributed by atoms with Gasteiger partial charge in [-0.15, -0.1) is 0 Å². The summed E-state index contributed by atoms with van der Waals surface area (Å²) >= 11 is 0. The van der Waals surface area contributed by atoms with Crippen LogP contribution in [0.5, 0.6) is 0 Å². The zero-order valence-electron chi connectivity index (χ0n) is 10.6. The molecule has 0 saturated carbocycles. The summed E-state index contributed by atoms with van der Waals surface area (Å²) in [5, 5.41) is 13.5. The molecule has 4 nitrogen and oxygen atoms in total. The first-order chi connectivity index (χ1) is 9.40. The monoisotopic (exact) mass is 283 g/mol. The van der Waals surface area contributed by atoms with E-state index in [0.717, 1.165) is 18.3 Å². The Balaban J connectivity index is 3.00. The van der Waals surface area contributed by atoms with Crippen LogP contribution in [0.3, 0.4) is 0 Å². The maximum atomic E-state index is 12.7. The fourth-order valence-corrected chi connectivity index (χ4v) is 1.38. The van der Waals surface area contributed by atoms with Crippen LogP contribution in [-0.2, 0) is 11.0 Å². The summed E-state index contributed by atoms with van der Waals surface area (Å²) in [7, 11) is 0. The van der Waals surface area contributed by atoms with Crippen molar-refractivity contribution >= 4 is 11.6 Å². The predicted octanol–water partition coefficient (Wildman–Crippen LogP) is 2.66. The second-order valence-corrected chi connectivity index (χ2v) is 3.72. The molecule has 20 heavy (non-hydrogen) atoms. The Morgan fingerprint density at radius 2 is 2.05 bits per heavy atom. The van der Waals surface area contributed by atoms with Crippen LogP contribution < -0.4 is 10.6 Å². The Kier molecular flexibility index (Phi) is 5.15. The van der Waals surface area contributed by atoms with Gasteiger partial charge in [0, 0.05) is 12.7 Å². The van der Waals surface area contributed by atoms with Crippen molar-refractivity contribution in [3.63, 3.8) is 0 Å². The van der Waals surface area contributed by atoms with E-state index in [4.69, 9.17) is 5.26 Å². The molecule has 7 heteroatoms. The first-order valence-electron chi connectivity index (χ1n) is 5.71. The molecule has 1 rings (SSSR count). The molecule has 0 unspecified atom stereocenters. The largest absolute Gasteiger partial charge is 0.418 e. The number of amides is 1. The van der Waals surface area contributed by atoms with Crippen molar-refractivity contribution in [3.05, 3.63) is 41.6 Å². The second kappa shape index (κ2) is 6.61. The van der Waals surface area contributed by atoms with E-state index in [2.05, 4.69) is 10.6 Å². The summed E-state index contributed by atoms with van der Waals surface area (Å²) < 4.78 is 38.2. The van der Waals surface area contributed by atoms with Gasteiger partial charge in [-0.3, -0.25) is 4.79 Å².